The van der Waals surface area contributed by atoms with Crippen LogP contribution in [0.1, 0.15) is 0 Å². The van der Waals surface area contributed by atoms with Crippen LogP contribution in [0.4, 0.5) is 11.4 Å². The number of aliphatic imine (C=N–C) groups is 1. The van der Waals surface area contributed by atoms with Gasteiger partial charge >= 0.3 is 5.97 Å². The standard InChI is InChI=1S/C12H14N4O2/c13-7-5-15-11(7)12(17)18-10-6-14-8-3-1-2-4-9(8)16-10/h1-4,7,11,14-15H,5-6,13H2. The number of benzene rings is 1. The van der Waals surface area contributed by atoms with Crippen molar-refractivity contribution in [1.82, 2.24) is 5.32 Å². The van der Waals surface area contributed by atoms with Gasteiger partial charge in [-0.15, -0.1) is 0 Å². The monoisotopic (exact) mass is 246 g/mol. The summed E-state index contributed by atoms with van der Waals surface area (Å²) in [5.74, 6) is 0.00767. The van der Waals surface area contributed by atoms with Crippen molar-refractivity contribution in [1.29, 1.82) is 0 Å². The minimum Gasteiger partial charge on any atom is -0.408 e. The van der Waals surface area contributed by atoms with Gasteiger partial charge in [-0.2, -0.15) is 0 Å². The van der Waals surface area contributed by atoms with Crippen LogP contribution < -0.4 is 16.4 Å². The van der Waals surface area contributed by atoms with Crippen LogP contribution in [0.3, 0.4) is 0 Å². The van der Waals surface area contributed by atoms with Crippen LogP contribution in [-0.2, 0) is 9.53 Å². The molecule has 0 saturated carbocycles. The lowest BCUT2D eigenvalue weighted by atomic mass is 10.0. The van der Waals surface area contributed by atoms with Gasteiger partial charge in [0, 0.05) is 12.6 Å². The number of carbonyl (C=O) groups is 1. The minimum atomic E-state index is -0.412. The molecule has 2 atom stereocenters. The molecule has 0 aliphatic carbocycles. The highest BCUT2D eigenvalue weighted by molar-refractivity contribution is 5.97. The summed E-state index contributed by atoms with van der Waals surface area (Å²) in [5.41, 5.74) is 7.40. The molecule has 1 aromatic carbocycles. The molecule has 0 bridgehead atoms. The molecule has 1 saturated heterocycles. The van der Waals surface area contributed by atoms with E-state index in [-0.39, 0.29) is 12.0 Å². The van der Waals surface area contributed by atoms with Gasteiger partial charge in [0.1, 0.15) is 6.04 Å². The Bertz CT molecular complexity index is 515. The molecule has 1 fully saturated rings. The predicted molar refractivity (Wildman–Crippen MR) is 67.9 cm³/mol. The van der Waals surface area contributed by atoms with Gasteiger partial charge in [0.15, 0.2) is 0 Å². The van der Waals surface area contributed by atoms with E-state index in [1.54, 1.807) is 0 Å². The quantitative estimate of drug-likeness (QED) is 0.606. The largest absolute Gasteiger partial charge is 0.408 e. The summed E-state index contributed by atoms with van der Waals surface area (Å²) >= 11 is 0. The summed E-state index contributed by atoms with van der Waals surface area (Å²) in [6, 6.07) is 7.03. The van der Waals surface area contributed by atoms with Gasteiger partial charge in [-0.05, 0) is 12.1 Å². The van der Waals surface area contributed by atoms with E-state index >= 15 is 0 Å². The molecule has 6 nitrogen and oxygen atoms in total. The van der Waals surface area contributed by atoms with Crippen molar-refractivity contribution in [3.8, 4) is 0 Å². The molecule has 2 unspecified atom stereocenters. The molecular formula is C12H14N4O2. The minimum absolute atomic E-state index is 0.165. The first-order chi connectivity index (χ1) is 8.74. The number of hydrogen-bond acceptors (Lipinski definition) is 6. The predicted octanol–water partition coefficient (Wildman–Crippen LogP) is -0.0156. The molecule has 3 rings (SSSR count). The van der Waals surface area contributed by atoms with Gasteiger partial charge in [-0.3, -0.25) is 0 Å². The Balaban J connectivity index is 1.71. The highest BCUT2D eigenvalue weighted by atomic mass is 16.5. The first kappa shape index (κ1) is 11.2. The zero-order valence-electron chi connectivity index (χ0n) is 9.72. The van der Waals surface area contributed by atoms with E-state index in [4.69, 9.17) is 10.5 Å². The van der Waals surface area contributed by atoms with Crippen molar-refractivity contribution in [2.75, 3.05) is 18.4 Å². The van der Waals surface area contributed by atoms with Gasteiger partial charge in [0.05, 0.1) is 17.9 Å². The maximum Gasteiger partial charge on any atom is 0.331 e. The topological polar surface area (TPSA) is 88.7 Å². The molecule has 0 aromatic heterocycles. The number of nitrogens with one attached hydrogen (secondary N) is 2. The number of anilines is 1. The Morgan fingerprint density at radius 1 is 1.44 bits per heavy atom. The lowest BCUT2D eigenvalue weighted by Gasteiger charge is -2.33. The third kappa shape index (κ3) is 1.96. The van der Waals surface area contributed by atoms with Crippen LogP contribution >= 0.6 is 0 Å². The number of rotatable bonds is 1. The molecule has 94 valence electrons. The zero-order chi connectivity index (χ0) is 12.5. The summed E-state index contributed by atoms with van der Waals surface area (Å²) in [6.07, 6.45) is 0. The first-order valence-electron chi connectivity index (χ1n) is 5.85. The maximum atomic E-state index is 11.7. The fraction of sp³-hybridized carbons (Fsp3) is 0.333. The van der Waals surface area contributed by atoms with Gasteiger partial charge in [0.2, 0.25) is 5.90 Å². The van der Waals surface area contributed by atoms with E-state index < -0.39 is 6.04 Å². The molecule has 4 N–H and O–H groups in total. The average Bonchev–Trinajstić information content (AvgIpc) is 2.36. The van der Waals surface area contributed by atoms with Crippen molar-refractivity contribution in [2.24, 2.45) is 10.7 Å². The fourth-order valence-corrected chi connectivity index (χ4v) is 1.93. The number of hydrogen-bond donors (Lipinski definition) is 3. The highest BCUT2D eigenvalue weighted by Crippen LogP contribution is 2.27. The Kier molecular flexibility index (Phi) is 2.73. The van der Waals surface area contributed by atoms with Crippen molar-refractivity contribution in [3.05, 3.63) is 24.3 Å². The van der Waals surface area contributed by atoms with Gasteiger partial charge in [-0.25, -0.2) is 9.79 Å². The lowest BCUT2D eigenvalue weighted by molar-refractivity contribution is -0.140. The number of nitrogens with zero attached hydrogens (tertiary/aromatic N) is 1. The summed E-state index contributed by atoms with van der Waals surface area (Å²) < 4.78 is 5.23. The van der Waals surface area contributed by atoms with Crippen molar-refractivity contribution in [3.63, 3.8) is 0 Å². The number of fused-ring (bicyclic) bond motifs is 1. The maximum absolute atomic E-state index is 11.7. The smallest absolute Gasteiger partial charge is 0.331 e. The number of nitrogens with two attached hydrogens (primary N) is 1. The Hall–Kier alpha value is -1.92. The lowest BCUT2D eigenvalue weighted by Crippen LogP contribution is -2.66. The second-order valence-electron chi connectivity index (χ2n) is 4.35. The SMILES string of the molecule is NC1CNC1C(=O)OC1=Nc2ccccc2NC1. The average molecular weight is 246 g/mol. The molecule has 0 amide bonds. The molecule has 2 heterocycles. The van der Waals surface area contributed by atoms with E-state index in [1.807, 2.05) is 24.3 Å². The molecule has 0 radical (unpaired) electrons. The fourth-order valence-electron chi connectivity index (χ4n) is 1.93. The number of esters is 1. The highest BCUT2D eigenvalue weighted by Gasteiger charge is 2.35. The van der Waals surface area contributed by atoms with E-state index in [0.29, 0.717) is 19.0 Å². The Morgan fingerprint density at radius 3 is 3.00 bits per heavy atom. The van der Waals surface area contributed by atoms with Crippen molar-refractivity contribution < 1.29 is 9.53 Å². The zero-order valence-corrected chi connectivity index (χ0v) is 9.72. The second kappa shape index (κ2) is 4.40. The summed E-state index contributed by atoms with van der Waals surface area (Å²) in [5, 5.41) is 6.07. The molecule has 2 aliphatic heterocycles. The molecule has 18 heavy (non-hydrogen) atoms. The molecule has 0 spiro atoms. The van der Waals surface area contributed by atoms with Gasteiger partial charge in [0.25, 0.3) is 0 Å². The van der Waals surface area contributed by atoms with E-state index in [1.165, 1.54) is 0 Å². The van der Waals surface area contributed by atoms with Gasteiger partial charge < -0.3 is 21.1 Å². The Labute approximate surface area is 104 Å². The van der Waals surface area contributed by atoms with Crippen molar-refractivity contribution in [2.45, 2.75) is 12.1 Å². The normalized spacial score (nSPS) is 25.3. The summed E-state index contributed by atoms with van der Waals surface area (Å²) in [4.78, 5) is 16.0. The van der Waals surface area contributed by atoms with Crippen LogP contribution in [0.2, 0.25) is 0 Å². The third-order valence-corrected chi connectivity index (χ3v) is 3.05. The molecule has 2 aliphatic rings. The van der Waals surface area contributed by atoms with E-state index in [0.717, 1.165) is 11.4 Å². The van der Waals surface area contributed by atoms with Gasteiger partial charge in [-0.1, -0.05) is 12.1 Å². The second-order valence-corrected chi connectivity index (χ2v) is 4.35. The summed E-state index contributed by atoms with van der Waals surface area (Å²) in [6.45, 7) is 1.05. The van der Waals surface area contributed by atoms with E-state index in [2.05, 4.69) is 15.6 Å². The molecular weight excluding hydrogens is 232 g/mol. The number of ether oxygens (including phenoxy) is 1. The van der Waals surface area contributed by atoms with Crippen LogP contribution in [0.15, 0.2) is 29.3 Å². The molecule has 6 heteroatoms. The van der Waals surface area contributed by atoms with Crippen LogP contribution in [0.25, 0.3) is 0 Å². The van der Waals surface area contributed by atoms with Crippen LogP contribution in [0, 0.1) is 0 Å². The number of para-hydroxylation sites is 2. The van der Waals surface area contributed by atoms with Crippen molar-refractivity contribution >= 4 is 23.2 Å². The van der Waals surface area contributed by atoms with E-state index in [9.17, 15) is 4.79 Å². The summed E-state index contributed by atoms with van der Waals surface area (Å²) in [7, 11) is 0. The Morgan fingerprint density at radius 2 is 2.28 bits per heavy atom. The number of carbonyl (C=O) groups excluding carboxylic acids is 1. The third-order valence-electron chi connectivity index (χ3n) is 3.05. The molecule has 1 aromatic rings. The first-order valence-corrected chi connectivity index (χ1v) is 5.85. The van der Waals surface area contributed by atoms with Crippen LogP contribution in [-0.4, -0.2) is 37.0 Å². The van der Waals surface area contributed by atoms with Crippen LogP contribution in [0.5, 0.6) is 0 Å².